The molecule has 1 fully saturated rings. The fourth-order valence-electron chi connectivity index (χ4n) is 5.40. The molecule has 1 aliphatic heterocycles. The maximum absolute atomic E-state index is 6.41. The third kappa shape index (κ3) is 2.19. The molecular formula is C28H24BNO2. The molecule has 0 atom stereocenters. The zero-order chi connectivity index (χ0) is 21.8. The highest BCUT2D eigenvalue weighted by atomic mass is 16.7. The summed E-state index contributed by atoms with van der Waals surface area (Å²) in [5, 5.41) is 7.57. The van der Waals surface area contributed by atoms with Crippen molar-refractivity contribution in [3.05, 3.63) is 72.8 Å². The van der Waals surface area contributed by atoms with Gasteiger partial charge in [-0.3, -0.25) is 0 Å². The van der Waals surface area contributed by atoms with Crippen molar-refractivity contribution in [2.75, 3.05) is 0 Å². The molecular weight excluding hydrogens is 393 g/mol. The quantitative estimate of drug-likeness (QED) is 0.294. The van der Waals surface area contributed by atoms with Crippen LogP contribution in [0.2, 0.25) is 0 Å². The molecule has 0 N–H and O–H groups in total. The Kier molecular flexibility index (Phi) is 3.37. The summed E-state index contributed by atoms with van der Waals surface area (Å²) >= 11 is 0. The Bertz CT molecular complexity index is 1680. The highest BCUT2D eigenvalue weighted by Crippen LogP contribution is 2.41. The first-order chi connectivity index (χ1) is 15.4. The van der Waals surface area contributed by atoms with E-state index in [0.717, 1.165) is 5.46 Å². The molecule has 2 aromatic heterocycles. The van der Waals surface area contributed by atoms with Crippen LogP contribution in [0.5, 0.6) is 0 Å². The summed E-state index contributed by atoms with van der Waals surface area (Å²) in [7, 11) is -0.376. The SMILES string of the molecule is CC1(C)OB(c2cccc3cc4c(cc23)c2cccc3c5ccccc5n4c32)OC1(C)C. The van der Waals surface area contributed by atoms with Crippen LogP contribution in [-0.2, 0) is 9.31 Å². The lowest BCUT2D eigenvalue weighted by Gasteiger charge is -2.32. The van der Waals surface area contributed by atoms with Crippen LogP contribution in [0.15, 0.2) is 72.8 Å². The molecule has 0 spiro atoms. The Balaban J connectivity index is 1.57. The van der Waals surface area contributed by atoms with Gasteiger partial charge in [0.15, 0.2) is 0 Å². The summed E-state index contributed by atoms with van der Waals surface area (Å²) in [6.07, 6.45) is 0. The molecule has 32 heavy (non-hydrogen) atoms. The summed E-state index contributed by atoms with van der Waals surface area (Å²) in [4.78, 5) is 0. The van der Waals surface area contributed by atoms with E-state index in [9.17, 15) is 0 Å². The fourth-order valence-corrected chi connectivity index (χ4v) is 5.40. The third-order valence-electron chi connectivity index (χ3n) is 7.76. The van der Waals surface area contributed by atoms with E-state index in [-0.39, 0.29) is 18.3 Å². The molecule has 0 unspecified atom stereocenters. The van der Waals surface area contributed by atoms with Gasteiger partial charge < -0.3 is 13.7 Å². The van der Waals surface area contributed by atoms with E-state index in [1.54, 1.807) is 0 Å². The molecule has 4 heteroatoms. The largest absolute Gasteiger partial charge is 0.495 e. The van der Waals surface area contributed by atoms with Crippen LogP contribution in [0.4, 0.5) is 0 Å². The highest BCUT2D eigenvalue weighted by Gasteiger charge is 2.52. The maximum Gasteiger partial charge on any atom is 0.495 e. The summed E-state index contributed by atoms with van der Waals surface area (Å²) in [5.41, 5.74) is 4.18. The highest BCUT2D eigenvalue weighted by molar-refractivity contribution is 6.65. The number of aromatic nitrogens is 1. The maximum atomic E-state index is 6.41. The van der Waals surface area contributed by atoms with E-state index < -0.39 is 0 Å². The molecule has 0 aliphatic carbocycles. The standard InChI is InChI=1S/C28H24BNO2/c1-27(2)28(3,4)32-29(31-27)23-13-7-9-17-15-25-22(16-21(17)23)20-12-8-11-19-18-10-5-6-14-24(18)30(25)26(19)20/h5-16H,1-4H3. The van der Waals surface area contributed by atoms with Gasteiger partial charge in [-0.2, -0.15) is 0 Å². The van der Waals surface area contributed by atoms with Crippen molar-refractivity contribution in [1.82, 2.24) is 4.40 Å². The van der Waals surface area contributed by atoms with Crippen molar-refractivity contribution in [2.45, 2.75) is 38.9 Å². The summed E-state index contributed by atoms with van der Waals surface area (Å²) in [6, 6.07) is 26.4. The Morgan fingerprint density at radius 2 is 1.28 bits per heavy atom. The number of rotatable bonds is 1. The lowest BCUT2D eigenvalue weighted by molar-refractivity contribution is 0.00578. The van der Waals surface area contributed by atoms with E-state index in [4.69, 9.17) is 9.31 Å². The lowest BCUT2D eigenvalue weighted by Crippen LogP contribution is -2.41. The minimum atomic E-state index is -0.376. The zero-order valence-corrected chi connectivity index (χ0v) is 18.8. The van der Waals surface area contributed by atoms with Crippen LogP contribution >= 0.6 is 0 Å². The van der Waals surface area contributed by atoms with Crippen LogP contribution < -0.4 is 5.46 Å². The van der Waals surface area contributed by atoms with Crippen LogP contribution in [-0.4, -0.2) is 22.7 Å². The molecule has 3 nitrogen and oxygen atoms in total. The Morgan fingerprint density at radius 3 is 2.06 bits per heavy atom. The zero-order valence-electron chi connectivity index (χ0n) is 18.8. The van der Waals surface area contributed by atoms with Gasteiger partial charge in [-0.25, -0.2) is 0 Å². The van der Waals surface area contributed by atoms with E-state index in [0.29, 0.717) is 0 Å². The van der Waals surface area contributed by atoms with E-state index >= 15 is 0 Å². The average molecular weight is 417 g/mol. The molecule has 4 aromatic carbocycles. The van der Waals surface area contributed by atoms with E-state index in [1.165, 1.54) is 48.9 Å². The number of para-hydroxylation sites is 2. The minimum Gasteiger partial charge on any atom is -0.399 e. The van der Waals surface area contributed by atoms with Gasteiger partial charge in [-0.1, -0.05) is 54.6 Å². The second-order valence-corrected chi connectivity index (χ2v) is 10.1. The van der Waals surface area contributed by atoms with Crippen LogP contribution in [0.1, 0.15) is 27.7 Å². The molecule has 7 rings (SSSR count). The fraction of sp³-hybridized carbons (Fsp3) is 0.214. The first-order valence-corrected chi connectivity index (χ1v) is 11.3. The first kappa shape index (κ1) is 18.5. The van der Waals surface area contributed by atoms with Gasteiger partial charge in [-0.05, 0) is 62.1 Å². The molecule has 1 saturated heterocycles. The van der Waals surface area contributed by atoms with Gasteiger partial charge in [0.1, 0.15) is 0 Å². The van der Waals surface area contributed by atoms with Crippen molar-refractivity contribution >= 4 is 61.4 Å². The van der Waals surface area contributed by atoms with Gasteiger partial charge >= 0.3 is 7.12 Å². The number of hydrogen-bond donors (Lipinski definition) is 0. The molecule has 0 bridgehead atoms. The predicted octanol–water partition coefficient (Wildman–Crippen LogP) is 6.29. The Morgan fingerprint density at radius 1 is 0.625 bits per heavy atom. The van der Waals surface area contributed by atoms with Crippen molar-refractivity contribution in [1.29, 1.82) is 0 Å². The topological polar surface area (TPSA) is 22.9 Å². The Hall–Kier alpha value is -3.08. The van der Waals surface area contributed by atoms with Gasteiger partial charge in [-0.15, -0.1) is 0 Å². The van der Waals surface area contributed by atoms with E-state index in [2.05, 4.69) is 105 Å². The summed E-state index contributed by atoms with van der Waals surface area (Å²) < 4.78 is 15.3. The molecule has 3 heterocycles. The van der Waals surface area contributed by atoms with E-state index in [1.807, 2.05) is 0 Å². The molecule has 0 saturated carbocycles. The monoisotopic (exact) mass is 417 g/mol. The summed E-state index contributed by atoms with van der Waals surface area (Å²) in [6.45, 7) is 8.42. The summed E-state index contributed by atoms with van der Waals surface area (Å²) in [5.74, 6) is 0. The van der Waals surface area contributed by atoms with Crippen LogP contribution in [0, 0.1) is 0 Å². The van der Waals surface area contributed by atoms with Crippen LogP contribution in [0.25, 0.3) is 48.9 Å². The molecule has 156 valence electrons. The number of fused-ring (bicyclic) bond motifs is 7. The van der Waals surface area contributed by atoms with Gasteiger partial charge in [0.2, 0.25) is 0 Å². The molecule has 0 amide bonds. The van der Waals surface area contributed by atoms with Crippen molar-refractivity contribution in [3.63, 3.8) is 0 Å². The predicted molar refractivity (Wildman–Crippen MR) is 134 cm³/mol. The molecule has 6 aromatic rings. The van der Waals surface area contributed by atoms with Gasteiger partial charge in [0.05, 0.1) is 27.8 Å². The minimum absolute atomic E-state index is 0.362. The second-order valence-electron chi connectivity index (χ2n) is 10.1. The Labute approximate surface area is 187 Å². The lowest BCUT2D eigenvalue weighted by atomic mass is 9.76. The third-order valence-corrected chi connectivity index (χ3v) is 7.76. The average Bonchev–Trinajstić information content (AvgIpc) is 3.35. The molecule has 0 radical (unpaired) electrons. The number of nitrogens with zero attached hydrogens (tertiary/aromatic N) is 1. The number of hydrogen-bond acceptors (Lipinski definition) is 2. The van der Waals surface area contributed by atoms with Crippen molar-refractivity contribution in [2.24, 2.45) is 0 Å². The van der Waals surface area contributed by atoms with Crippen molar-refractivity contribution < 1.29 is 9.31 Å². The van der Waals surface area contributed by atoms with Gasteiger partial charge in [0, 0.05) is 21.5 Å². The molecule has 1 aliphatic rings. The first-order valence-electron chi connectivity index (χ1n) is 11.3. The second kappa shape index (κ2) is 5.83. The number of benzene rings is 4. The van der Waals surface area contributed by atoms with Crippen LogP contribution in [0.3, 0.4) is 0 Å². The van der Waals surface area contributed by atoms with Crippen molar-refractivity contribution in [3.8, 4) is 0 Å². The van der Waals surface area contributed by atoms with Gasteiger partial charge in [0.25, 0.3) is 0 Å². The smallest absolute Gasteiger partial charge is 0.399 e. The normalized spacial score (nSPS) is 18.2.